The van der Waals surface area contributed by atoms with Crippen LogP contribution in [0.4, 0.5) is 10.1 Å². The van der Waals surface area contributed by atoms with Gasteiger partial charge in [-0.2, -0.15) is 0 Å². The SMILES string of the molecule is CCC(Oc1ccc2c(c1)C(c1cccc(F)c1)N(C(=O)CC(C)C)CC2)C(=O)Nc1ccccc1. The van der Waals surface area contributed by atoms with E-state index in [1.807, 2.05) is 80.3 Å². The summed E-state index contributed by atoms with van der Waals surface area (Å²) >= 11 is 0. The number of fused-ring (bicyclic) bond motifs is 1. The lowest BCUT2D eigenvalue weighted by Crippen LogP contribution is -2.41. The van der Waals surface area contributed by atoms with Crippen LogP contribution in [0, 0.1) is 11.7 Å². The minimum absolute atomic E-state index is 0.0462. The molecule has 0 saturated carbocycles. The van der Waals surface area contributed by atoms with Crippen molar-refractivity contribution in [1.29, 1.82) is 0 Å². The molecule has 36 heavy (non-hydrogen) atoms. The molecule has 3 aromatic carbocycles. The molecule has 3 aromatic rings. The lowest BCUT2D eigenvalue weighted by molar-refractivity contribution is -0.134. The van der Waals surface area contributed by atoms with Gasteiger partial charge >= 0.3 is 0 Å². The normalized spacial score (nSPS) is 15.8. The molecule has 2 amide bonds. The van der Waals surface area contributed by atoms with Crippen molar-refractivity contribution in [2.45, 2.75) is 52.2 Å². The minimum atomic E-state index is -0.682. The number of para-hydroxylation sites is 1. The van der Waals surface area contributed by atoms with Crippen molar-refractivity contribution in [3.63, 3.8) is 0 Å². The van der Waals surface area contributed by atoms with Crippen LogP contribution in [0.5, 0.6) is 5.75 Å². The quantitative estimate of drug-likeness (QED) is 0.414. The average Bonchev–Trinajstić information content (AvgIpc) is 2.86. The number of amides is 2. The van der Waals surface area contributed by atoms with E-state index in [1.165, 1.54) is 12.1 Å². The third-order valence-corrected chi connectivity index (χ3v) is 6.40. The van der Waals surface area contributed by atoms with Crippen molar-refractivity contribution in [3.8, 4) is 5.75 Å². The van der Waals surface area contributed by atoms with Gasteiger partial charge in [0.2, 0.25) is 5.91 Å². The number of carbonyl (C=O) groups excluding carboxylic acids is 2. The second-order valence-corrected chi connectivity index (χ2v) is 9.62. The first-order chi connectivity index (χ1) is 17.4. The highest BCUT2D eigenvalue weighted by Crippen LogP contribution is 2.38. The fourth-order valence-electron chi connectivity index (χ4n) is 4.67. The van der Waals surface area contributed by atoms with Gasteiger partial charge in [0.25, 0.3) is 5.91 Å². The highest BCUT2D eigenvalue weighted by Gasteiger charge is 2.33. The summed E-state index contributed by atoms with van der Waals surface area (Å²) in [5.41, 5.74) is 3.42. The molecule has 0 saturated heterocycles. The van der Waals surface area contributed by atoms with E-state index in [9.17, 15) is 14.0 Å². The predicted octanol–water partition coefficient (Wildman–Crippen LogP) is 6.14. The third kappa shape index (κ3) is 5.93. The Morgan fingerprint density at radius 3 is 2.53 bits per heavy atom. The Bertz CT molecular complexity index is 1210. The number of nitrogens with zero attached hydrogens (tertiary/aromatic N) is 1. The van der Waals surface area contributed by atoms with Crippen LogP contribution in [0.25, 0.3) is 0 Å². The molecule has 0 fully saturated rings. The fourth-order valence-corrected chi connectivity index (χ4v) is 4.67. The monoisotopic (exact) mass is 488 g/mol. The van der Waals surface area contributed by atoms with Crippen LogP contribution in [0.1, 0.15) is 56.3 Å². The first-order valence-corrected chi connectivity index (χ1v) is 12.6. The number of halogens is 1. The van der Waals surface area contributed by atoms with Crippen molar-refractivity contribution in [3.05, 3.63) is 95.3 Å². The summed E-state index contributed by atoms with van der Waals surface area (Å²) in [5.74, 6) is 0.243. The molecule has 0 spiro atoms. The number of hydrogen-bond donors (Lipinski definition) is 1. The number of benzene rings is 3. The van der Waals surface area contributed by atoms with Crippen LogP contribution in [0.3, 0.4) is 0 Å². The maximum atomic E-state index is 14.2. The van der Waals surface area contributed by atoms with Crippen LogP contribution >= 0.6 is 0 Å². The third-order valence-electron chi connectivity index (χ3n) is 6.40. The van der Waals surface area contributed by atoms with E-state index in [4.69, 9.17) is 4.74 Å². The van der Waals surface area contributed by atoms with E-state index in [-0.39, 0.29) is 23.5 Å². The van der Waals surface area contributed by atoms with Crippen molar-refractivity contribution in [2.75, 3.05) is 11.9 Å². The maximum Gasteiger partial charge on any atom is 0.265 e. The van der Waals surface area contributed by atoms with E-state index >= 15 is 0 Å². The van der Waals surface area contributed by atoms with E-state index in [0.717, 1.165) is 16.7 Å². The van der Waals surface area contributed by atoms with Gasteiger partial charge in [0.15, 0.2) is 6.10 Å². The molecule has 2 atom stereocenters. The molecule has 0 bridgehead atoms. The first kappa shape index (κ1) is 25.4. The smallest absolute Gasteiger partial charge is 0.265 e. The second-order valence-electron chi connectivity index (χ2n) is 9.62. The molecule has 188 valence electrons. The molecule has 1 N–H and O–H groups in total. The van der Waals surface area contributed by atoms with Gasteiger partial charge < -0.3 is 15.0 Å². The molecular weight excluding hydrogens is 455 g/mol. The Balaban J connectivity index is 1.64. The van der Waals surface area contributed by atoms with Gasteiger partial charge in [0, 0.05) is 18.7 Å². The first-order valence-electron chi connectivity index (χ1n) is 12.6. The van der Waals surface area contributed by atoms with Gasteiger partial charge in [-0.25, -0.2) is 4.39 Å². The number of carbonyl (C=O) groups is 2. The lowest BCUT2D eigenvalue weighted by Gasteiger charge is -2.38. The summed E-state index contributed by atoms with van der Waals surface area (Å²) in [5, 5.41) is 2.90. The minimum Gasteiger partial charge on any atom is -0.481 e. The van der Waals surface area contributed by atoms with Crippen LogP contribution in [-0.4, -0.2) is 29.4 Å². The average molecular weight is 489 g/mol. The van der Waals surface area contributed by atoms with Gasteiger partial charge in [-0.3, -0.25) is 9.59 Å². The van der Waals surface area contributed by atoms with Gasteiger partial charge in [0.1, 0.15) is 11.6 Å². The standard InChI is InChI=1S/C30H33FN2O3/c1-4-27(30(35)32-24-11-6-5-7-12-24)36-25-14-13-21-15-16-33(28(34)17-20(2)3)29(26(21)19-25)22-9-8-10-23(31)18-22/h5-14,18-20,27,29H,4,15-17H2,1-3H3,(H,32,35). The Kier molecular flexibility index (Phi) is 8.04. The van der Waals surface area contributed by atoms with Gasteiger partial charge in [-0.1, -0.05) is 57.2 Å². The topological polar surface area (TPSA) is 58.6 Å². The molecule has 1 aliphatic rings. The van der Waals surface area contributed by atoms with Crippen LogP contribution in [0.2, 0.25) is 0 Å². The molecular formula is C30H33FN2O3. The largest absolute Gasteiger partial charge is 0.481 e. The molecule has 0 radical (unpaired) electrons. The zero-order valence-corrected chi connectivity index (χ0v) is 21.0. The van der Waals surface area contributed by atoms with Gasteiger partial charge in [-0.05, 0) is 71.8 Å². The predicted molar refractivity (Wildman–Crippen MR) is 139 cm³/mol. The van der Waals surface area contributed by atoms with Gasteiger partial charge in [0.05, 0.1) is 6.04 Å². The van der Waals surface area contributed by atoms with E-state index in [0.29, 0.717) is 37.2 Å². The summed E-state index contributed by atoms with van der Waals surface area (Å²) in [6.45, 7) is 6.50. The second kappa shape index (κ2) is 11.4. The van der Waals surface area contributed by atoms with Crippen LogP contribution in [0.15, 0.2) is 72.8 Å². The van der Waals surface area contributed by atoms with Crippen molar-refractivity contribution < 1.29 is 18.7 Å². The number of rotatable bonds is 8. The summed E-state index contributed by atoms with van der Waals surface area (Å²) in [6.07, 6.45) is 0.937. The zero-order valence-electron chi connectivity index (χ0n) is 21.0. The molecule has 1 heterocycles. The maximum absolute atomic E-state index is 14.2. The van der Waals surface area contributed by atoms with Crippen LogP contribution in [-0.2, 0) is 16.0 Å². The number of ether oxygens (including phenoxy) is 1. The molecule has 0 aromatic heterocycles. The van der Waals surface area contributed by atoms with Crippen molar-refractivity contribution in [1.82, 2.24) is 4.90 Å². The molecule has 1 aliphatic heterocycles. The zero-order chi connectivity index (χ0) is 25.7. The molecule has 5 nitrogen and oxygen atoms in total. The molecule has 6 heteroatoms. The highest BCUT2D eigenvalue weighted by atomic mass is 19.1. The van der Waals surface area contributed by atoms with E-state index < -0.39 is 12.1 Å². The van der Waals surface area contributed by atoms with Crippen molar-refractivity contribution in [2.24, 2.45) is 5.92 Å². The molecule has 4 rings (SSSR count). The van der Waals surface area contributed by atoms with Crippen molar-refractivity contribution >= 4 is 17.5 Å². The Morgan fingerprint density at radius 2 is 1.83 bits per heavy atom. The van der Waals surface area contributed by atoms with Crippen LogP contribution < -0.4 is 10.1 Å². The number of anilines is 1. The summed E-state index contributed by atoms with van der Waals surface area (Å²) < 4.78 is 20.4. The van der Waals surface area contributed by atoms with E-state index in [2.05, 4.69) is 5.32 Å². The summed E-state index contributed by atoms with van der Waals surface area (Å²) in [4.78, 5) is 27.9. The molecule has 0 aliphatic carbocycles. The summed E-state index contributed by atoms with van der Waals surface area (Å²) in [7, 11) is 0. The lowest BCUT2D eigenvalue weighted by atomic mass is 9.87. The van der Waals surface area contributed by atoms with E-state index in [1.54, 1.807) is 6.07 Å². The Labute approximate surface area is 212 Å². The molecule has 2 unspecified atom stereocenters. The van der Waals surface area contributed by atoms with Gasteiger partial charge in [-0.15, -0.1) is 0 Å². The Morgan fingerprint density at radius 1 is 1.06 bits per heavy atom. The number of hydrogen-bond acceptors (Lipinski definition) is 3. The highest BCUT2D eigenvalue weighted by molar-refractivity contribution is 5.94. The number of nitrogens with one attached hydrogen (secondary N) is 1. The summed E-state index contributed by atoms with van der Waals surface area (Å²) in [6, 6.07) is 21.0. The fraction of sp³-hybridized carbons (Fsp3) is 0.333. The Hall–Kier alpha value is -3.67.